The molecule has 1 aromatic heterocycles. The summed E-state index contributed by atoms with van der Waals surface area (Å²) in [6.45, 7) is 6.35. The number of rotatable bonds is 7. The van der Waals surface area contributed by atoms with Crippen molar-refractivity contribution in [3.8, 4) is 0 Å². The molecule has 0 spiro atoms. The highest BCUT2D eigenvalue weighted by atomic mass is 16.1. The lowest BCUT2D eigenvalue weighted by molar-refractivity contribution is -0.121. The Morgan fingerprint density at radius 2 is 2.38 bits per heavy atom. The van der Waals surface area contributed by atoms with Gasteiger partial charge in [0.05, 0.1) is 6.54 Å². The van der Waals surface area contributed by atoms with Crippen molar-refractivity contribution in [3.05, 3.63) is 18.5 Å². The summed E-state index contributed by atoms with van der Waals surface area (Å²) in [5.41, 5.74) is 0. The lowest BCUT2D eigenvalue weighted by Gasteiger charge is -2.13. The first-order valence-corrected chi connectivity index (χ1v) is 5.70. The molecule has 0 aliphatic carbocycles. The number of hydrogen-bond donors (Lipinski definition) is 2. The van der Waals surface area contributed by atoms with Crippen LogP contribution >= 0.6 is 0 Å². The average molecular weight is 224 g/mol. The second-order valence-electron chi connectivity index (χ2n) is 3.80. The lowest BCUT2D eigenvalue weighted by Crippen LogP contribution is -2.37. The molecule has 1 amide bonds. The molecule has 16 heavy (non-hydrogen) atoms. The molecule has 0 aliphatic rings. The summed E-state index contributed by atoms with van der Waals surface area (Å²) in [6.07, 6.45) is 4.15. The van der Waals surface area contributed by atoms with Gasteiger partial charge >= 0.3 is 0 Å². The van der Waals surface area contributed by atoms with Gasteiger partial charge in [0.15, 0.2) is 0 Å². The number of amides is 1. The molecule has 0 saturated heterocycles. The van der Waals surface area contributed by atoms with Crippen molar-refractivity contribution in [3.63, 3.8) is 0 Å². The van der Waals surface area contributed by atoms with E-state index in [0.717, 1.165) is 13.1 Å². The SMILES string of the molecule is CCNCCC(=O)NC(C)Cn1cccn1. The van der Waals surface area contributed by atoms with Crippen LogP contribution in [0, 0.1) is 0 Å². The zero-order valence-corrected chi connectivity index (χ0v) is 9.94. The van der Waals surface area contributed by atoms with Crippen LogP contribution in [0.4, 0.5) is 0 Å². The molecule has 0 fully saturated rings. The Morgan fingerprint density at radius 3 is 3.00 bits per heavy atom. The van der Waals surface area contributed by atoms with Gasteiger partial charge in [-0.05, 0) is 19.5 Å². The van der Waals surface area contributed by atoms with E-state index in [1.165, 1.54) is 0 Å². The Bertz CT molecular complexity index is 297. The number of nitrogens with zero attached hydrogens (tertiary/aromatic N) is 2. The third-order valence-electron chi connectivity index (χ3n) is 2.21. The summed E-state index contributed by atoms with van der Waals surface area (Å²) in [6, 6.07) is 1.98. The van der Waals surface area contributed by atoms with Crippen LogP contribution in [0.5, 0.6) is 0 Å². The number of nitrogens with one attached hydrogen (secondary N) is 2. The Balaban J connectivity index is 2.18. The van der Waals surface area contributed by atoms with Crippen molar-refractivity contribution < 1.29 is 4.79 Å². The minimum absolute atomic E-state index is 0.0839. The molecule has 1 atom stereocenters. The van der Waals surface area contributed by atoms with Crippen LogP contribution < -0.4 is 10.6 Å². The van der Waals surface area contributed by atoms with Gasteiger partial charge in [0.2, 0.25) is 5.91 Å². The maximum Gasteiger partial charge on any atom is 0.221 e. The van der Waals surface area contributed by atoms with Gasteiger partial charge in [-0.1, -0.05) is 6.92 Å². The molecule has 1 aromatic rings. The smallest absolute Gasteiger partial charge is 0.221 e. The monoisotopic (exact) mass is 224 g/mol. The van der Waals surface area contributed by atoms with E-state index in [1.807, 2.05) is 30.8 Å². The van der Waals surface area contributed by atoms with Crippen molar-refractivity contribution in [2.75, 3.05) is 13.1 Å². The highest BCUT2D eigenvalue weighted by molar-refractivity contribution is 5.76. The van der Waals surface area contributed by atoms with E-state index in [0.29, 0.717) is 13.0 Å². The molecular weight excluding hydrogens is 204 g/mol. The maximum absolute atomic E-state index is 11.5. The molecule has 1 rings (SSSR count). The third kappa shape index (κ3) is 4.93. The Hall–Kier alpha value is -1.36. The second-order valence-corrected chi connectivity index (χ2v) is 3.80. The van der Waals surface area contributed by atoms with E-state index in [2.05, 4.69) is 15.7 Å². The standard InChI is InChI=1S/C11H20N4O/c1-3-12-7-5-11(16)14-10(2)9-15-8-4-6-13-15/h4,6,8,10,12H,3,5,7,9H2,1-2H3,(H,14,16). The Kier molecular flexibility index (Phi) is 5.56. The van der Waals surface area contributed by atoms with Gasteiger partial charge in [-0.25, -0.2) is 0 Å². The molecule has 0 bridgehead atoms. The first-order valence-electron chi connectivity index (χ1n) is 5.70. The van der Waals surface area contributed by atoms with E-state index in [4.69, 9.17) is 0 Å². The zero-order chi connectivity index (χ0) is 11.8. The van der Waals surface area contributed by atoms with Crippen molar-refractivity contribution >= 4 is 5.91 Å². The van der Waals surface area contributed by atoms with Crippen LogP contribution in [0.1, 0.15) is 20.3 Å². The predicted molar refractivity (Wildman–Crippen MR) is 63.0 cm³/mol. The highest BCUT2D eigenvalue weighted by Crippen LogP contribution is 1.91. The van der Waals surface area contributed by atoms with Crippen molar-refractivity contribution in [1.82, 2.24) is 20.4 Å². The summed E-state index contributed by atoms with van der Waals surface area (Å²) < 4.78 is 1.81. The molecule has 1 unspecified atom stereocenters. The molecule has 1 heterocycles. The molecule has 0 aromatic carbocycles. The largest absolute Gasteiger partial charge is 0.352 e. The summed E-state index contributed by atoms with van der Waals surface area (Å²) in [4.78, 5) is 11.5. The van der Waals surface area contributed by atoms with Gasteiger partial charge in [-0.2, -0.15) is 5.10 Å². The van der Waals surface area contributed by atoms with Gasteiger partial charge in [-0.15, -0.1) is 0 Å². The fourth-order valence-electron chi connectivity index (χ4n) is 1.46. The summed E-state index contributed by atoms with van der Waals surface area (Å²) in [5.74, 6) is 0.0839. The Morgan fingerprint density at radius 1 is 1.56 bits per heavy atom. The van der Waals surface area contributed by atoms with E-state index in [-0.39, 0.29) is 11.9 Å². The molecular formula is C11H20N4O. The van der Waals surface area contributed by atoms with Crippen LogP contribution in [0.25, 0.3) is 0 Å². The number of carbonyl (C=O) groups is 1. The first kappa shape index (κ1) is 12.7. The number of aromatic nitrogens is 2. The lowest BCUT2D eigenvalue weighted by atomic mass is 10.3. The summed E-state index contributed by atoms with van der Waals surface area (Å²) in [5, 5.41) is 10.1. The minimum Gasteiger partial charge on any atom is -0.352 e. The van der Waals surface area contributed by atoms with E-state index >= 15 is 0 Å². The molecule has 5 heteroatoms. The fraction of sp³-hybridized carbons (Fsp3) is 0.636. The van der Waals surface area contributed by atoms with Crippen LogP contribution in [-0.2, 0) is 11.3 Å². The average Bonchev–Trinajstić information content (AvgIpc) is 2.70. The van der Waals surface area contributed by atoms with Crippen molar-refractivity contribution in [2.45, 2.75) is 32.9 Å². The first-order chi connectivity index (χ1) is 7.72. The predicted octanol–water partition coefficient (Wildman–Crippen LogP) is 0.387. The van der Waals surface area contributed by atoms with Crippen LogP contribution in [0.15, 0.2) is 18.5 Å². The van der Waals surface area contributed by atoms with E-state index < -0.39 is 0 Å². The molecule has 0 radical (unpaired) electrons. The minimum atomic E-state index is 0.0839. The molecule has 5 nitrogen and oxygen atoms in total. The Labute approximate surface area is 96.2 Å². The molecule has 0 aliphatic heterocycles. The van der Waals surface area contributed by atoms with Crippen molar-refractivity contribution in [1.29, 1.82) is 0 Å². The van der Waals surface area contributed by atoms with E-state index in [9.17, 15) is 4.79 Å². The fourth-order valence-corrected chi connectivity index (χ4v) is 1.46. The number of carbonyl (C=O) groups excluding carboxylic acids is 1. The molecule has 0 saturated carbocycles. The van der Waals surface area contributed by atoms with Crippen LogP contribution in [0.3, 0.4) is 0 Å². The van der Waals surface area contributed by atoms with Crippen LogP contribution in [-0.4, -0.2) is 34.8 Å². The van der Waals surface area contributed by atoms with Gasteiger partial charge < -0.3 is 10.6 Å². The molecule has 2 N–H and O–H groups in total. The van der Waals surface area contributed by atoms with Gasteiger partial charge in [0.1, 0.15) is 0 Å². The summed E-state index contributed by atoms with van der Waals surface area (Å²) in [7, 11) is 0. The van der Waals surface area contributed by atoms with Gasteiger partial charge in [-0.3, -0.25) is 9.48 Å². The van der Waals surface area contributed by atoms with Gasteiger partial charge in [0.25, 0.3) is 0 Å². The third-order valence-corrected chi connectivity index (χ3v) is 2.21. The zero-order valence-electron chi connectivity index (χ0n) is 9.94. The van der Waals surface area contributed by atoms with Gasteiger partial charge in [0, 0.05) is 31.4 Å². The quantitative estimate of drug-likeness (QED) is 0.659. The van der Waals surface area contributed by atoms with Crippen molar-refractivity contribution in [2.24, 2.45) is 0 Å². The molecule has 90 valence electrons. The van der Waals surface area contributed by atoms with E-state index in [1.54, 1.807) is 6.20 Å². The maximum atomic E-state index is 11.5. The second kappa shape index (κ2) is 7.00. The highest BCUT2D eigenvalue weighted by Gasteiger charge is 2.07. The normalized spacial score (nSPS) is 12.4. The topological polar surface area (TPSA) is 59.0 Å². The number of hydrogen-bond acceptors (Lipinski definition) is 3. The summed E-state index contributed by atoms with van der Waals surface area (Å²) >= 11 is 0. The van der Waals surface area contributed by atoms with Crippen LogP contribution in [0.2, 0.25) is 0 Å².